The van der Waals surface area contributed by atoms with Gasteiger partial charge in [-0.1, -0.05) is 26.3 Å². The molecule has 0 fully saturated rings. The molecule has 0 spiro atoms. The van der Waals surface area contributed by atoms with Crippen molar-refractivity contribution in [2.75, 3.05) is 26.4 Å². The molecule has 0 amide bonds. The first-order chi connectivity index (χ1) is 21.2. The van der Waals surface area contributed by atoms with Crippen molar-refractivity contribution in [2.45, 2.75) is 25.7 Å². The molecule has 10 heteroatoms. The van der Waals surface area contributed by atoms with E-state index in [1.54, 1.807) is 48.5 Å². The number of esters is 4. The third kappa shape index (κ3) is 14.0. The number of unbranched alkanes of at least 4 members (excludes halogenated alkanes) is 2. The molecule has 0 aliphatic heterocycles. The Morgan fingerprint density at radius 3 is 1.23 bits per heavy atom. The Morgan fingerprint density at radius 1 is 0.545 bits per heavy atom. The lowest BCUT2D eigenvalue weighted by Gasteiger charge is -2.08. The standard InChI is InChI=1S/C34H36O10/c1-5-31(35)41-23-9-7-21-39-29-17-13-27(14-18-29)33(37)43-25(3)11-12-26(4)44-34(38)28-15-19-30(20-16-28)40-22-8-10-24-42-32(36)6-2/h5-6,11-20H,1-4,7-10,21-24H2/b12-11-. The first-order valence-corrected chi connectivity index (χ1v) is 13.8. The quantitative estimate of drug-likeness (QED) is 0.0440. The molecule has 232 valence electrons. The monoisotopic (exact) mass is 604 g/mol. The van der Waals surface area contributed by atoms with Gasteiger partial charge < -0.3 is 28.4 Å². The van der Waals surface area contributed by atoms with Crippen molar-refractivity contribution in [3.8, 4) is 11.5 Å². The zero-order valence-corrected chi connectivity index (χ0v) is 24.5. The van der Waals surface area contributed by atoms with E-state index in [0.717, 1.165) is 12.2 Å². The van der Waals surface area contributed by atoms with Crippen LogP contribution in [0.15, 0.2) is 111 Å². The molecule has 2 aromatic carbocycles. The second kappa shape index (κ2) is 19.7. The van der Waals surface area contributed by atoms with E-state index >= 15 is 0 Å². The predicted molar refractivity (Wildman–Crippen MR) is 163 cm³/mol. The van der Waals surface area contributed by atoms with Crippen LogP contribution in [-0.2, 0) is 28.5 Å². The minimum absolute atomic E-state index is 0.0186. The Kier molecular flexibility index (Phi) is 15.6. The second-order valence-corrected chi connectivity index (χ2v) is 8.95. The highest BCUT2D eigenvalue weighted by molar-refractivity contribution is 5.91. The maximum Gasteiger partial charge on any atom is 0.343 e. The number of benzene rings is 2. The number of allylic oxidation sites excluding steroid dienone is 2. The molecular formula is C34H36O10. The average molecular weight is 605 g/mol. The first kappa shape index (κ1) is 34.8. The number of rotatable bonds is 20. The molecular weight excluding hydrogens is 568 g/mol. The molecule has 0 bridgehead atoms. The maximum absolute atomic E-state index is 12.4. The van der Waals surface area contributed by atoms with E-state index < -0.39 is 23.9 Å². The normalized spacial score (nSPS) is 10.3. The van der Waals surface area contributed by atoms with Crippen LogP contribution in [0.4, 0.5) is 0 Å². The summed E-state index contributed by atoms with van der Waals surface area (Å²) in [7, 11) is 0. The summed E-state index contributed by atoms with van der Waals surface area (Å²) in [6, 6.07) is 12.8. The summed E-state index contributed by atoms with van der Waals surface area (Å²) in [6.45, 7) is 15.4. The first-order valence-electron chi connectivity index (χ1n) is 13.8. The molecule has 2 aromatic rings. The molecule has 0 aliphatic carbocycles. The van der Waals surface area contributed by atoms with Gasteiger partial charge in [-0.05, 0) is 86.4 Å². The van der Waals surface area contributed by atoms with E-state index in [1.165, 1.54) is 12.2 Å². The summed E-state index contributed by atoms with van der Waals surface area (Å²) in [5.74, 6) is -0.987. The molecule has 0 radical (unpaired) electrons. The van der Waals surface area contributed by atoms with Crippen molar-refractivity contribution < 1.29 is 47.6 Å². The van der Waals surface area contributed by atoms with Crippen LogP contribution in [0.5, 0.6) is 11.5 Å². The van der Waals surface area contributed by atoms with Crippen molar-refractivity contribution in [1.82, 2.24) is 0 Å². The van der Waals surface area contributed by atoms with Gasteiger partial charge in [-0.2, -0.15) is 0 Å². The van der Waals surface area contributed by atoms with Crippen LogP contribution in [0.1, 0.15) is 46.4 Å². The number of ether oxygens (including phenoxy) is 6. The molecule has 0 aromatic heterocycles. The zero-order chi connectivity index (χ0) is 32.2. The van der Waals surface area contributed by atoms with Crippen LogP contribution in [0, 0.1) is 0 Å². The molecule has 0 unspecified atom stereocenters. The van der Waals surface area contributed by atoms with Gasteiger partial charge in [0.05, 0.1) is 37.6 Å². The van der Waals surface area contributed by atoms with Gasteiger partial charge in [0.1, 0.15) is 23.0 Å². The average Bonchev–Trinajstić information content (AvgIpc) is 3.03. The summed E-state index contributed by atoms with van der Waals surface area (Å²) in [5.41, 5.74) is 0.574. The number of carbonyl (C=O) groups excluding carboxylic acids is 4. The van der Waals surface area contributed by atoms with E-state index in [-0.39, 0.29) is 22.6 Å². The Balaban J connectivity index is 1.68. The minimum Gasteiger partial charge on any atom is -0.494 e. The maximum atomic E-state index is 12.4. The third-order valence-corrected chi connectivity index (χ3v) is 5.52. The van der Waals surface area contributed by atoms with E-state index in [9.17, 15) is 19.2 Å². The molecule has 0 saturated carbocycles. The van der Waals surface area contributed by atoms with Gasteiger partial charge in [-0.25, -0.2) is 19.2 Å². The van der Waals surface area contributed by atoms with Gasteiger partial charge in [0.2, 0.25) is 0 Å². The molecule has 2 rings (SSSR count). The summed E-state index contributed by atoms with van der Waals surface area (Å²) >= 11 is 0. The summed E-state index contributed by atoms with van der Waals surface area (Å²) < 4.78 is 31.5. The highest BCUT2D eigenvalue weighted by Crippen LogP contribution is 2.17. The van der Waals surface area contributed by atoms with Crippen molar-refractivity contribution in [2.24, 2.45) is 0 Å². The second-order valence-electron chi connectivity index (χ2n) is 8.95. The minimum atomic E-state index is -0.628. The lowest BCUT2D eigenvalue weighted by atomic mass is 10.2. The summed E-state index contributed by atoms with van der Waals surface area (Å²) in [4.78, 5) is 46.8. The van der Waals surface area contributed by atoms with Gasteiger partial charge in [-0.15, -0.1) is 0 Å². The SMILES string of the molecule is C=CC(=O)OCCCCOc1ccc(C(=O)OC(=C)/C=C\C(=C)OC(=O)c2ccc(OCCCCOC(=O)C=C)cc2)cc1. The van der Waals surface area contributed by atoms with Crippen LogP contribution in [-0.4, -0.2) is 50.3 Å². The van der Waals surface area contributed by atoms with Gasteiger partial charge in [0.15, 0.2) is 0 Å². The molecule has 44 heavy (non-hydrogen) atoms. The van der Waals surface area contributed by atoms with E-state index in [4.69, 9.17) is 28.4 Å². The van der Waals surface area contributed by atoms with E-state index in [2.05, 4.69) is 26.3 Å². The van der Waals surface area contributed by atoms with Crippen LogP contribution < -0.4 is 9.47 Å². The smallest absolute Gasteiger partial charge is 0.343 e. The Bertz CT molecular complexity index is 1230. The van der Waals surface area contributed by atoms with Gasteiger partial charge in [0, 0.05) is 12.2 Å². The fourth-order valence-electron chi connectivity index (χ4n) is 3.24. The molecule has 0 N–H and O–H groups in total. The van der Waals surface area contributed by atoms with Gasteiger partial charge >= 0.3 is 23.9 Å². The highest BCUT2D eigenvalue weighted by atomic mass is 16.5. The zero-order valence-electron chi connectivity index (χ0n) is 24.5. The molecule has 0 aliphatic rings. The van der Waals surface area contributed by atoms with Crippen LogP contribution in [0.2, 0.25) is 0 Å². The molecule has 0 saturated heterocycles. The lowest BCUT2D eigenvalue weighted by Crippen LogP contribution is -2.06. The third-order valence-electron chi connectivity index (χ3n) is 5.52. The fraction of sp³-hybridized carbons (Fsp3) is 0.235. The Morgan fingerprint density at radius 2 is 0.886 bits per heavy atom. The van der Waals surface area contributed by atoms with E-state index in [0.29, 0.717) is 63.6 Å². The van der Waals surface area contributed by atoms with Crippen LogP contribution in [0.3, 0.4) is 0 Å². The van der Waals surface area contributed by atoms with Crippen molar-refractivity contribution in [3.63, 3.8) is 0 Å². The number of hydrogen-bond acceptors (Lipinski definition) is 10. The lowest BCUT2D eigenvalue weighted by molar-refractivity contribution is -0.138. The number of hydrogen-bond donors (Lipinski definition) is 0. The van der Waals surface area contributed by atoms with Crippen LogP contribution in [0.25, 0.3) is 0 Å². The van der Waals surface area contributed by atoms with Crippen molar-refractivity contribution in [1.29, 1.82) is 0 Å². The molecule has 0 heterocycles. The fourth-order valence-corrected chi connectivity index (χ4v) is 3.24. The molecule has 0 atom stereocenters. The van der Waals surface area contributed by atoms with Crippen molar-refractivity contribution >= 4 is 23.9 Å². The van der Waals surface area contributed by atoms with Gasteiger partial charge in [0.25, 0.3) is 0 Å². The topological polar surface area (TPSA) is 124 Å². The largest absolute Gasteiger partial charge is 0.494 e. The highest BCUT2D eigenvalue weighted by Gasteiger charge is 2.11. The van der Waals surface area contributed by atoms with Crippen LogP contribution >= 0.6 is 0 Å². The summed E-state index contributed by atoms with van der Waals surface area (Å²) in [6.07, 6.45) is 7.60. The number of carbonyl (C=O) groups is 4. The summed E-state index contributed by atoms with van der Waals surface area (Å²) in [5, 5.41) is 0. The van der Waals surface area contributed by atoms with Crippen molar-refractivity contribution in [3.05, 3.63) is 122 Å². The molecule has 10 nitrogen and oxygen atoms in total. The predicted octanol–water partition coefficient (Wildman–Crippen LogP) is 6.06. The van der Waals surface area contributed by atoms with E-state index in [1.807, 2.05) is 0 Å². The van der Waals surface area contributed by atoms with Gasteiger partial charge in [-0.3, -0.25) is 0 Å². The Labute approximate surface area is 256 Å². The Hall–Kier alpha value is -5.38.